The van der Waals surface area contributed by atoms with E-state index >= 15 is 0 Å². The predicted octanol–water partition coefficient (Wildman–Crippen LogP) is 11.9. The highest BCUT2D eigenvalue weighted by molar-refractivity contribution is 5.79. The zero-order valence-electron chi connectivity index (χ0n) is 25.1. The largest absolute Gasteiger partial charge is 0.494 e. The standard InChI is InChI=1S/C35H63NO/c1-3-5-7-9-11-13-15-17-19-21-23-25-31-36-33-34-27-29-35(30-28-34)37-32-26-24-22-20-18-16-14-12-10-8-6-4-2/h27-30,33H,3-26,31-32H2,1-2H3. The molecular weight excluding hydrogens is 450 g/mol. The Morgan fingerprint density at radius 3 is 1.30 bits per heavy atom. The van der Waals surface area contributed by atoms with E-state index in [1.54, 1.807) is 0 Å². The Kier molecular flexibility index (Phi) is 25.3. The molecule has 0 bridgehead atoms. The maximum atomic E-state index is 5.94. The second kappa shape index (κ2) is 27.7. The third kappa shape index (κ3) is 23.5. The Morgan fingerprint density at radius 2 is 0.865 bits per heavy atom. The smallest absolute Gasteiger partial charge is 0.119 e. The lowest BCUT2D eigenvalue weighted by molar-refractivity contribution is 0.304. The molecule has 0 heterocycles. The van der Waals surface area contributed by atoms with Crippen LogP contribution in [0.2, 0.25) is 0 Å². The molecule has 37 heavy (non-hydrogen) atoms. The molecule has 0 unspecified atom stereocenters. The molecule has 0 amide bonds. The van der Waals surface area contributed by atoms with Crippen LogP contribution in [0.25, 0.3) is 0 Å². The summed E-state index contributed by atoms with van der Waals surface area (Å²) in [6.45, 7) is 6.37. The second-order valence-electron chi connectivity index (χ2n) is 11.2. The highest BCUT2D eigenvalue weighted by Gasteiger charge is 1.97. The van der Waals surface area contributed by atoms with Crippen LogP contribution in [0, 0.1) is 0 Å². The zero-order valence-corrected chi connectivity index (χ0v) is 25.1. The Morgan fingerprint density at radius 1 is 0.486 bits per heavy atom. The average Bonchev–Trinajstić information content (AvgIpc) is 2.92. The quantitative estimate of drug-likeness (QED) is 0.0806. The van der Waals surface area contributed by atoms with E-state index in [1.807, 2.05) is 6.21 Å². The molecule has 0 aliphatic rings. The molecule has 0 aliphatic carbocycles. The van der Waals surface area contributed by atoms with Gasteiger partial charge in [-0.1, -0.05) is 155 Å². The fraction of sp³-hybridized carbons (Fsp3) is 0.800. The van der Waals surface area contributed by atoms with E-state index < -0.39 is 0 Å². The van der Waals surface area contributed by atoms with E-state index in [4.69, 9.17) is 4.74 Å². The first-order valence-electron chi connectivity index (χ1n) is 16.6. The number of ether oxygens (including phenoxy) is 1. The van der Waals surface area contributed by atoms with Crippen LogP contribution in [-0.4, -0.2) is 19.4 Å². The summed E-state index contributed by atoms with van der Waals surface area (Å²) in [5, 5.41) is 0. The van der Waals surface area contributed by atoms with E-state index in [9.17, 15) is 0 Å². The first-order valence-corrected chi connectivity index (χ1v) is 16.6. The van der Waals surface area contributed by atoms with Gasteiger partial charge in [-0.25, -0.2) is 0 Å². The van der Waals surface area contributed by atoms with Crippen molar-refractivity contribution in [2.75, 3.05) is 13.2 Å². The minimum absolute atomic E-state index is 0.837. The minimum Gasteiger partial charge on any atom is -0.494 e. The lowest BCUT2D eigenvalue weighted by Crippen LogP contribution is -1.97. The van der Waals surface area contributed by atoms with Crippen LogP contribution >= 0.6 is 0 Å². The maximum absolute atomic E-state index is 5.94. The van der Waals surface area contributed by atoms with Gasteiger partial charge in [-0.05, 0) is 42.7 Å². The van der Waals surface area contributed by atoms with Crippen LogP contribution in [0.4, 0.5) is 0 Å². The Balaban J connectivity index is 1.89. The van der Waals surface area contributed by atoms with Gasteiger partial charge in [0.1, 0.15) is 5.75 Å². The van der Waals surface area contributed by atoms with Crippen molar-refractivity contribution in [1.29, 1.82) is 0 Å². The van der Waals surface area contributed by atoms with Gasteiger partial charge in [-0.3, -0.25) is 4.99 Å². The van der Waals surface area contributed by atoms with Gasteiger partial charge < -0.3 is 4.74 Å². The van der Waals surface area contributed by atoms with Gasteiger partial charge in [0.15, 0.2) is 0 Å². The van der Waals surface area contributed by atoms with Gasteiger partial charge in [0.05, 0.1) is 6.61 Å². The summed E-state index contributed by atoms with van der Waals surface area (Å²) in [6.07, 6.45) is 35.3. The fourth-order valence-electron chi connectivity index (χ4n) is 5.00. The van der Waals surface area contributed by atoms with E-state index in [0.717, 1.165) is 18.9 Å². The van der Waals surface area contributed by atoms with Crippen LogP contribution in [-0.2, 0) is 0 Å². The van der Waals surface area contributed by atoms with Gasteiger partial charge in [0.2, 0.25) is 0 Å². The van der Waals surface area contributed by atoms with Crippen LogP contribution in [0.15, 0.2) is 29.3 Å². The molecular formula is C35H63NO. The lowest BCUT2D eigenvalue weighted by Gasteiger charge is -2.06. The number of aliphatic imine (C=N–C) groups is 1. The normalized spacial score (nSPS) is 11.5. The molecule has 0 atom stereocenters. The summed E-state index contributed by atoms with van der Waals surface area (Å²) >= 11 is 0. The Labute approximate surface area is 232 Å². The van der Waals surface area contributed by atoms with Crippen LogP contribution in [0.3, 0.4) is 0 Å². The Hall–Kier alpha value is -1.31. The third-order valence-corrected chi connectivity index (χ3v) is 7.53. The minimum atomic E-state index is 0.837. The molecule has 0 radical (unpaired) electrons. The van der Waals surface area contributed by atoms with Gasteiger partial charge >= 0.3 is 0 Å². The molecule has 1 rings (SSSR count). The van der Waals surface area contributed by atoms with Crippen LogP contribution in [0.1, 0.15) is 174 Å². The van der Waals surface area contributed by atoms with E-state index in [0.29, 0.717) is 0 Å². The van der Waals surface area contributed by atoms with Crippen LogP contribution in [0.5, 0.6) is 5.75 Å². The molecule has 0 saturated carbocycles. The predicted molar refractivity (Wildman–Crippen MR) is 167 cm³/mol. The summed E-state index contributed by atoms with van der Waals surface area (Å²) in [4.78, 5) is 4.63. The van der Waals surface area contributed by atoms with Crippen molar-refractivity contribution in [3.05, 3.63) is 29.8 Å². The summed E-state index contributed by atoms with van der Waals surface area (Å²) < 4.78 is 5.94. The molecule has 0 aliphatic heterocycles. The van der Waals surface area contributed by atoms with Crippen molar-refractivity contribution in [3.8, 4) is 5.75 Å². The molecule has 1 aromatic rings. The van der Waals surface area contributed by atoms with Crippen molar-refractivity contribution >= 4 is 6.21 Å². The number of hydrogen-bond acceptors (Lipinski definition) is 2. The number of rotatable bonds is 28. The van der Waals surface area contributed by atoms with Crippen molar-refractivity contribution in [2.24, 2.45) is 4.99 Å². The Bertz CT molecular complexity index is 594. The van der Waals surface area contributed by atoms with Gasteiger partial charge in [0.25, 0.3) is 0 Å². The number of hydrogen-bond donors (Lipinski definition) is 0. The first kappa shape index (κ1) is 33.7. The SMILES string of the molecule is CCCCCCCCCCCCCCN=Cc1ccc(OCCCCCCCCCCCCCC)cc1. The molecule has 0 aromatic heterocycles. The maximum Gasteiger partial charge on any atom is 0.119 e. The summed E-state index contributed by atoms with van der Waals surface area (Å²) in [6, 6.07) is 8.43. The van der Waals surface area contributed by atoms with Crippen molar-refractivity contribution in [2.45, 2.75) is 168 Å². The molecule has 2 nitrogen and oxygen atoms in total. The molecule has 0 spiro atoms. The van der Waals surface area contributed by atoms with Crippen LogP contribution < -0.4 is 4.74 Å². The first-order chi connectivity index (χ1) is 18.4. The zero-order chi connectivity index (χ0) is 26.5. The van der Waals surface area contributed by atoms with E-state index in [2.05, 4.69) is 43.1 Å². The number of nitrogens with zero attached hydrogens (tertiary/aromatic N) is 1. The van der Waals surface area contributed by atoms with Crippen molar-refractivity contribution < 1.29 is 4.74 Å². The molecule has 0 saturated heterocycles. The highest BCUT2D eigenvalue weighted by Crippen LogP contribution is 2.15. The molecule has 0 fully saturated rings. The molecule has 1 aromatic carbocycles. The summed E-state index contributed by atoms with van der Waals surface area (Å²) in [7, 11) is 0. The molecule has 214 valence electrons. The van der Waals surface area contributed by atoms with Crippen molar-refractivity contribution in [1.82, 2.24) is 0 Å². The van der Waals surface area contributed by atoms with E-state index in [-0.39, 0.29) is 0 Å². The van der Waals surface area contributed by atoms with Gasteiger partial charge in [0, 0.05) is 12.8 Å². The monoisotopic (exact) mass is 513 g/mol. The van der Waals surface area contributed by atoms with Crippen molar-refractivity contribution in [3.63, 3.8) is 0 Å². The number of benzene rings is 1. The third-order valence-electron chi connectivity index (χ3n) is 7.53. The average molecular weight is 514 g/mol. The summed E-state index contributed by atoms with van der Waals surface area (Å²) in [5.74, 6) is 0.987. The topological polar surface area (TPSA) is 21.6 Å². The second-order valence-corrected chi connectivity index (χ2v) is 11.2. The van der Waals surface area contributed by atoms with E-state index in [1.165, 1.54) is 160 Å². The molecule has 0 N–H and O–H groups in total. The summed E-state index contributed by atoms with van der Waals surface area (Å²) in [5.41, 5.74) is 1.18. The lowest BCUT2D eigenvalue weighted by atomic mass is 10.1. The fourth-order valence-corrected chi connectivity index (χ4v) is 5.00. The van der Waals surface area contributed by atoms with Gasteiger partial charge in [-0.2, -0.15) is 0 Å². The molecule has 2 heteroatoms. The highest BCUT2D eigenvalue weighted by atomic mass is 16.5. The number of unbranched alkanes of at least 4 members (excludes halogenated alkanes) is 22. The van der Waals surface area contributed by atoms with Gasteiger partial charge in [-0.15, -0.1) is 0 Å².